The molecule has 132 valence electrons. The van der Waals surface area contributed by atoms with Crippen molar-refractivity contribution in [2.24, 2.45) is 0 Å². The van der Waals surface area contributed by atoms with Crippen LogP contribution in [0, 0.1) is 0 Å². The predicted molar refractivity (Wildman–Crippen MR) is 94.1 cm³/mol. The summed E-state index contributed by atoms with van der Waals surface area (Å²) in [6.45, 7) is 1.07. The first kappa shape index (κ1) is 19.0. The number of Topliss-reactive ketones (excluding diaryl/α,β-unsaturated/α-hetero) is 1. The van der Waals surface area contributed by atoms with E-state index in [4.69, 9.17) is 21.1 Å². The maximum absolute atomic E-state index is 12.0. The summed E-state index contributed by atoms with van der Waals surface area (Å²) in [7, 11) is 0. The van der Waals surface area contributed by atoms with Crippen LogP contribution in [0.1, 0.15) is 21.5 Å². The standard InChI is InChI=1S/C17H16ClNO5S/c1-11(20)19-8-12-6-7-16(25-12)14(21)9-24-17(22)10-23-15-5-3-2-4-13(15)18/h2-7H,8-10H2,1H3,(H,19,20). The first-order valence-electron chi connectivity index (χ1n) is 7.35. The third-order valence-electron chi connectivity index (χ3n) is 2.99. The van der Waals surface area contributed by atoms with Gasteiger partial charge in [-0.05, 0) is 24.3 Å². The van der Waals surface area contributed by atoms with Gasteiger partial charge in [-0.3, -0.25) is 9.59 Å². The molecule has 0 saturated heterocycles. The zero-order valence-electron chi connectivity index (χ0n) is 13.4. The molecule has 6 nitrogen and oxygen atoms in total. The van der Waals surface area contributed by atoms with Crippen LogP contribution in [0.2, 0.25) is 5.02 Å². The van der Waals surface area contributed by atoms with Gasteiger partial charge in [-0.15, -0.1) is 11.3 Å². The number of esters is 1. The van der Waals surface area contributed by atoms with Crippen molar-refractivity contribution >= 4 is 40.6 Å². The van der Waals surface area contributed by atoms with Gasteiger partial charge in [0, 0.05) is 11.8 Å². The smallest absolute Gasteiger partial charge is 0.344 e. The highest BCUT2D eigenvalue weighted by Crippen LogP contribution is 2.23. The Bertz CT molecular complexity index is 774. The Hall–Kier alpha value is -2.38. The average Bonchev–Trinajstić information content (AvgIpc) is 3.06. The number of amides is 1. The molecule has 8 heteroatoms. The van der Waals surface area contributed by atoms with Crippen molar-refractivity contribution in [3.8, 4) is 5.75 Å². The number of carbonyl (C=O) groups excluding carboxylic acids is 3. The van der Waals surface area contributed by atoms with Gasteiger partial charge in [-0.25, -0.2) is 4.79 Å². The Balaban J connectivity index is 1.76. The maximum Gasteiger partial charge on any atom is 0.344 e. The molecule has 0 unspecified atom stereocenters. The van der Waals surface area contributed by atoms with Crippen molar-refractivity contribution < 1.29 is 23.9 Å². The maximum atomic E-state index is 12.0. The van der Waals surface area contributed by atoms with Gasteiger partial charge in [0.1, 0.15) is 5.75 Å². The molecule has 1 N–H and O–H groups in total. The summed E-state index contributed by atoms with van der Waals surface area (Å²) in [4.78, 5) is 35.8. The van der Waals surface area contributed by atoms with Crippen LogP contribution in [0.15, 0.2) is 36.4 Å². The number of ketones is 1. The lowest BCUT2D eigenvalue weighted by Crippen LogP contribution is -2.19. The minimum absolute atomic E-state index is 0.145. The van der Waals surface area contributed by atoms with E-state index < -0.39 is 5.97 Å². The van der Waals surface area contributed by atoms with Gasteiger partial charge in [0.05, 0.1) is 16.4 Å². The fourth-order valence-electron chi connectivity index (χ4n) is 1.79. The first-order chi connectivity index (χ1) is 12.0. The highest BCUT2D eigenvalue weighted by Gasteiger charge is 2.13. The van der Waals surface area contributed by atoms with Gasteiger partial charge < -0.3 is 14.8 Å². The summed E-state index contributed by atoms with van der Waals surface area (Å²) < 4.78 is 10.1. The summed E-state index contributed by atoms with van der Waals surface area (Å²) >= 11 is 7.15. The van der Waals surface area contributed by atoms with Crippen molar-refractivity contribution in [3.63, 3.8) is 0 Å². The van der Waals surface area contributed by atoms with E-state index in [2.05, 4.69) is 5.32 Å². The van der Waals surface area contributed by atoms with Crippen molar-refractivity contribution in [2.75, 3.05) is 13.2 Å². The van der Waals surface area contributed by atoms with E-state index in [1.807, 2.05) is 0 Å². The van der Waals surface area contributed by atoms with Crippen molar-refractivity contribution in [1.82, 2.24) is 5.32 Å². The molecule has 0 aliphatic carbocycles. The Kier molecular flexibility index (Phi) is 6.97. The molecular weight excluding hydrogens is 366 g/mol. The largest absolute Gasteiger partial charge is 0.480 e. The molecule has 0 atom stereocenters. The minimum atomic E-state index is -0.664. The molecule has 0 aliphatic heterocycles. The number of para-hydroxylation sites is 1. The summed E-state index contributed by atoms with van der Waals surface area (Å²) in [6, 6.07) is 10.1. The van der Waals surface area contributed by atoms with Crippen LogP contribution < -0.4 is 10.1 Å². The molecule has 25 heavy (non-hydrogen) atoms. The molecule has 1 aromatic heterocycles. The van der Waals surface area contributed by atoms with Crippen LogP contribution in [-0.4, -0.2) is 30.9 Å². The lowest BCUT2D eigenvalue weighted by molar-refractivity contribution is -0.144. The third-order valence-corrected chi connectivity index (χ3v) is 4.43. The second-order valence-electron chi connectivity index (χ2n) is 4.98. The Morgan fingerprint density at radius 2 is 1.88 bits per heavy atom. The van der Waals surface area contributed by atoms with Crippen LogP contribution in [-0.2, 0) is 20.9 Å². The fraction of sp³-hybridized carbons (Fsp3) is 0.235. The monoisotopic (exact) mass is 381 g/mol. The number of rotatable bonds is 8. The summed E-state index contributed by atoms with van der Waals surface area (Å²) in [5.41, 5.74) is 0. The Morgan fingerprint density at radius 1 is 1.12 bits per heavy atom. The fourth-order valence-corrected chi connectivity index (χ4v) is 2.85. The lowest BCUT2D eigenvalue weighted by Gasteiger charge is -2.07. The van der Waals surface area contributed by atoms with Crippen molar-refractivity contribution in [1.29, 1.82) is 0 Å². The average molecular weight is 382 g/mol. The van der Waals surface area contributed by atoms with E-state index in [1.165, 1.54) is 18.3 Å². The summed E-state index contributed by atoms with van der Waals surface area (Å²) in [5.74, 6) is -0.754. The SMILES string of the molecule is CC(=O)NCc1ccc(C(=O)COC(=O)COc2ccccc2Cl)s1. The molecule has 1 aromatic carbocycles. The molecule has 0 radical (unpaired) electrons. The molecule has 0 spiro atoms. The second kappa shape index (κ2) is 9.19. The van der Waals surface area contributed by atoms with Gasteiger partial charge in [-0.2, -0.15) is 0 Å². The number of ether oxygens (including phenoxy) is 2. The molecule has 2 aromatic rings. The highest BCUT2D eigenvalue weighted by atomic mass is 35.5. The normalized spacial score (nSPS) is 10.2. The van der Waals surface area contributed by atoms with E-state index >= 15 is 0 Å². The number of hydrogen-bond acceptors (Lipinski definition) is 6. The molecule has 0 saturated carbocycles. The predicted octanol–water partition coefficient (Wildman–Crippen LogP) is 2.84. The van der Waals surface area contributed by atoms with Gasteiger partial charge in [0.2, 0.25) is 11.7 Å². The highest BCUT2D eigenvalue weighted by molar-refractivity contribution is 7.14. The summed E-state index contributed by atoms with van der Waals surface area (Å²) in [6.07, 6.45) is 0. The lowest BCUT2D eigenvalue weighted by atomic mass is 10.3. The van der Waals surface area contributed by atoms with Crippen molar-refractivity contribution in [2.45, 2.75) is 13.5 Å². The molecule has 2 rings (SSSR count). The number of hydrogen-bond donors (Lipinski definition) is 1. The number of benzene rings is 1. The summed E-state index contributed by atoms with van der Waals surface area (Å²) in [5, 5.41) is 3.03. The van der Waals surface area contributed by atoms with Gasteiger partial charge >= 0.3 is 5.97 Å². The molecule has 1 amide bonds. The van der Waals surface area contributed by atoms with Crippen LogP contribution in [0.5, 0.6) is 5.75 Å². The number of thiophene rings is 1. The van der Waals surface area contributed by atoms with Crippen LogP contribution in [0.3, 0.4) is 0 Å². The molecule has 0 aliphatic rings. The van der Waals surface area contributed by atoms with Crippen LogP contribution in [0.4, 0.5) is 0 Å². The minimum Gasteiger partial charge on any atom is -0.480 e. The topological polar surface area (TPSA) is 81.7 Å². The quantitative estimate of drug-likeness (QED) is 0.561. The second-order valence-corrected chi connectivity index (χ2v) is 6.55. The number of carbonyl (C=O) groups is 3. The van der Waals surface area contributed by atoms with Crippen LogP contribution in [0.25, 0.3) is 0 Å². The van der Waals surface area contributed by atoms with Gasteiger partial charge in [0.25, 0.3) is 0 Å². The zero-order chi connectivity index (χ0) is 18.2. The first-order valence-corrected chi connectivity index (χ1v) is 8.54. The molecule has 1 heterocycles. The zero-order valence-corrected chi connectivity index (χ0v) is 15.0. The molecule has 0 bridgehead atoms. The number of halogens is 1. The van der Waals surface area contributed by atoms with Gasteiger partial charge in [0.15, 0.2) is 13.2 Å². The van der Waals surface area contributed by atoms with E-state index in [9.17, 15) is 14.4 Å². The van der Waals surface area contributed by atoms with E-state index in [-0.39, 0.29) is 24.9 Å². The van der Waals surface area contributed by atoms with E-state index in [0.717, 1.165) is 4.88 Å². The Morgan fingerprint density at radius 3 is 2.60 bits per heavy atom. The van der Waals surface area contributed by atoms with E-state index in [0.29, 0.717) is 22.2 Å². The molecular formula is C17H16ClNO5S. The van der Waals surface area contributed by atoms with Crippen molar-refractivity contribution in [3.05, 3.63) is 51.2 Å². The number of nitrogens with one attached hydrogen (secondary N) is 1. The van der Waals surface area contributed by atoms with Crippen LogP contribution >= 0.6 is 22.9 Å². The Labute approximate surface area is 153 Å². The van der Waals surface area contributed by atoms with Gasteiger partial charge in [-0.1, -0.05) is 23.7 Å². The van der Waals surface area contributed by atoms with E-state index in [1.54, 1.807) is 36.4 Å². The molecule has 0 fully saturated rings. The third kappa shape index (κ3) is 6.21.